The van der Waals surface area contributed by atoms with Crippen LogP contribution in [0.25, 0.3) is 0 Å². The minimum absolute atomic E-state index is 0.0229. The van der Waals surface area contributed by atoms with Crippen molar-refractivity contribution in [2.24, 2.45) is 34.0 Å². The molecule has 3 aliphatic rings. The van der Waals surface area contributed by atoms with Crippen LogP contribution in [0.15, 0.2) is 17.8 Å². The number of nitrogens with zero attached hydrogens (tertiary/aromatic N) is 2. The number of Topliss-reactive ketones (excluding diaryl/α,β-unsaturated/α-hetero) is 1. The highest BCUT2D eigenvalue weighted by Gasteiger charge is 2.68. The molecule has 1 heterocycles. The summed E-state index contributed by atoms with van der Waals surface area (Å²) >= 11 is 1.15. The van der Waals surface area contributed by atoms with E-state index in [1.807, 2.05) is 6.92 Å². The summed E-state index contributed by atoms with van der Waals surface area (Å²) in [6, 6.07) is 0. The molecule has 2 bridgehead atoms. The van der Waals surface area contributed by atoms with Gasteiger partial charge in [0.1, 0.15) is 17.5 Å². The first-order chi connectivity index (χ1) is 18.2. The lowest BCUT2D eigenvalue weighted by Crippen LogP contribution is -2.63. The van der Waals surface area contributed by atoms with Gasteiger partial charge in [0.2, 0.25) is 0 Å². The van der Waals surface area contributed by atoms with E-state index >= 15 is 0 Å². The SMILES string of the molecule is C=C[C@]1(C)C[C@@H](OC(=O)CSc2nc(C)c(C(=O)OC)c(C)n2)[C@]2(C)[C@H](C)CC[C@]3(CCC(=O)[C@H]32)[C@@H](C)[C@@H]1O. The molecule has 1 aromatic heterocycles. The molecule has 8 nitrogen and oxygen atoms in total. The van der Waals surface area contributed by atoms with E-state index in [2.05, 4.69) is 37.3 Å². The normalized spacial score (nSPS) is 37.8. The van der Waals surface area contributed by atoms with Crippen LogP contribution < -0.4 is 0 Å². The second-order valence-corrected chi connectivity index (χ2v) is 13.3. The molecule has 3 aliphatic carbocycles. The molecule has 1 aromatic rings. The molecule has 0 aromatic carbocycles. The number of ketones is 1. The van der Waals surface area contributed by atoms with Gasteiger partial charge >= 0.3 is 11.9 Å². The Morgan fingerprint density at radius 1 is 1.18 bits per heavy atom. The number of aliphatic hydroxyl groups is 1. The molecule has 0 spiro atoms. The van der Waals surface area contributed by atoms with Crippen LogP contribution in [0.4, 0.5) is 0 Å². The van der Waals surface area contributed by atoms with Gasteiger partial charge in [-0.1, -0.05) is 45.5 Å². The average Bonchev–Trinajstić information content (AvgIpc) is 3.25. The van der Waals surface area contributed by atoms with Crippen LogP contribution in [0.2, 0.25) is 0 Å². The Morgan fingerprint density at radius 3 is 2.41 bits per heavy atom. The average molecular weight is 559 g/mol. The maximum Gasteiger partial charge on any atom is 0.341 e. The van der Waals surface area contributed by atoms with Gasteiger partial charge < -0.3 is 14.6 Å². The molecule has 39 heavy (non-hydrogen) atoms. The number of ether oxygens (including phenoxy) is 2. The summed E-state index contributed by atoms with van der Waals surface area (Å²) in [5.41, 5.74) is -0.271. The van der Waals surface area contributed by atoms with Crippen molar-refractivity contribution in [3.8, 4) is 0 Å². The zero-order valence-electron chi connectivity index (χ0n) is 24.2. The predicted molar refractivity (Wildman–Crippen MR) is 148 cm³/mol. The number of hydrogen-bond acceptors (Lipinski definition) is 9. The highest BCUT2D eigenvalue weighted by molar-refractivity contribution is 7.99. The van der Waals surface area contributed by atoms with Crippen molar-refractivity contribution in [2.45, 2.75) is 91.0 Å². The summed E-state index contributed by atoms with van der Waals surface area (Å²) in [4.78, 5) is 47.7. The molecule has 3 fully saturated rings. The number of methoxy groups -OCH3 is 1. The van der Waals surface area contributed by atoms with Crippen LogP contribution >= 0.6 is 11.8 Å². The molecule has 8 atom stereocenters. The van der Waals surface area contributed by atoms with Gasteiger partial charge in [0.15, 0.2) is 5.16 Å². The topological polar surface area (TPSA) is 116 Å². The van der Waals surface area contributed by atoms with E-state index in [1.165, 1.54) is 7.11 Å². The third kappa shape index (κ3) is 4.73. The number of esters is 2. The summed E-state index contributed by atoms with van der Waals surface area (Å²) < 4.78 is 11.1. The second kappa shape index (κ2) is 10.6. The van der Waals surface area contributed by atoms with Crippen LogP contribution in [-0.2, 0) is 19.1 Å². The standard InChI is InChI=1S/C30H42N2O6S/c1-9-28(6)14-21(38-22(34)15-39-27-31-18(4)23(19(5)32-27)26(36)37-8)29(7)16(2)10-12-30(17(3)25(28)35)13-11-20(33)24(29)30/h9,16-17,21,24-25,35H,1,10-15H2,2-8H3/t16-,17+,21-,24+,25+,28-,29+,30+/m1/s1. The minimum atomic E-state index is -0.704. The molecular formula is C30H42N2O6S. The second-order valence-electron chi connectivity index (χ2n) is 12.4. The van der Waals surface area contributed by atoms with Crippen LogP contribution in [0, 0.1) is 47.8 Å². The number of aliphatic hydroxyl groups excluding tert-OH is 1. The van der Waals surface area contributed by atoms with E-state index in [-0.39, 0.29) is 34.7 Å². The van der Waals surface area contributed by atoms with Crippen molar-refractivity contribution in [2.75, 3.05) is 12.9 Å². The molecule has 0 amide bonds. The number of rotatable bonds is 6. The van der Waals surface area contributed by atoms with Gasteiger partial charge in [-0.25, -0.2) is 14.8 Å². The number of hydrogen-bond donors (Lipinski definition) is 1. The molecule has 0 aliphatic heterocycles. The monoisotopic (exact) mass is 558 g/mol. The van der Waals surface area contributed by atoms with Gasteiger partial charge in [-0.3, -0.25) is 9.59 Å². The van der Waals surface area contributed by atoms with Gasteiger partial charge in [-0.15, -0.1) is 6.58 Å². The summed E-state index contributed by atoms with van der Waals surface area (Å²) in [7, 11) is 1.31. The first kappa shape index (κ1) is 29.7. The molecule has 3 saturated carbocycles. The van der Waals surface area contributed by atoms with E-state index in [0.29, 0.717) is 34.9 Å². The van der Waals surface area contributed by atoms with Crippen molar-refractivity contribution >= 4 is 29.5 Å². The van der Waals surface area contributed by atoms with Crippen LogP contribution in [0.5, 0.6) is 0 Å². The molecular weight excluding hydrogens is 516 g/mol. The zero-order chi connectivity index (χ0) is 28.9. The zero-order valence-corrected chi connectivity index (χ0v) is 25.0. The number of carbonyl (C=O) groups excluding carboxylic acids is 3. The molecule has 4 rings (SSSR count). The van der Waals surface area contributed by atoms with E-state index in [0.717, 1.165) is 31.0 Å². The number of thioether (sulfide) groups is 1. The Kier molecular flexibility index (Phi) is 8.09. The molecule has 0 unspecified atom stereocenters. The lowest BCUT2D eigenvalue weighted by atomic mass is 9.44. The highest BCUT2D eigenvalue weighted by Crippen LogP contribution is 2.68. The number of carbonyl (C=O) groups is 3. The lowest BCUT2D eigenvalue weighted by molar-refractivity contribution is -0.205. The van der Waals surface area contributed by atoms with E-state index in [9.17, 15) is 19.5 Å². The Labute approximate surface area is 235 Å². The van der Waals surface area contributed by atoms with Gasteiger partial charge in [0, 0.05) is 23.2 Å². The Balaban J connectivity index is 1.63. The third-order valence-electron chi connectivity index (χ3n) is 10.5. The van der Waals surface area contributed by atoms with E-state index in [1.54, 1.807) is 19.9 Å². The van der Waals surface area contributed by atoms with Crippen LogP contribution in [-0.4, -0.2) is 57.9 Å². The predicted octanol–water partition coefficient (Wildman–Crippen LogP) is 4.88. The van der Waals surface area contributed by atoms with Crippen LogP contribution in [0.1, 0.15) is 81.5 Å². The number of aromatic nitrogens is 2. The molecule has 1 N–H and O–H groups in total. The van der Waals surface area contributed by atoms with Crippen molar-refractivity contribution in [3.05, 3.63) is 29.6 Å². The summed E-state index contributed by atoms with van der Waals surface area (Å²) in [6.07, 6.45) is 3.99. The fourth-order valence-corrected chi connectivity index (χ4v) is 8.68. The third-order valence-corrected chi connectivity index (χ3v) is 11.4. The van der Waals surface area contributed by atoms with Gasteiger partial charge in [0.25, 0.3) is 0 Å². The summed E-state index contributed by atoms with van der Waals surface area (Å²) in [5.74, 6) is -0.898. The molecule has 0 radical (unpaired) electrons. The van der Waals surface area contributed by atoms with Gasteiger partial charge in [-0.05, 0) is 56.8 Å². The maximum absolute atomic E-state index is 13.5. The van der Waals surface area contributed by atoms with E-state index in [4.69, 9.17) is 9.47 Å². The lowest BCUT2D eigenvalue weighted by Gasteiger charge is -2.61. The maximum atomic E-state index is 13.5. The molecule has 0 saturated heterocycles. The first-order valence-electron chi connectivity index (χ1n) is 13.8. The quantitative estimate of drug-likeness (QED) is 0.226. The number of aryl methyl sites for hydroxylation is 2. The Morgan fingerprint density at radius 2 is 1.82 bits per heavy atom. The highest BCUT2D eigenvalue weighted by atomic mass is 32.2. The Hall–Kier alpha value is -2.26. The van der Waals surface area contributed by atoms with E-state index < -0.39 is 35.0 Å². The van der Waals surface area contributed by atoms with Crippen LogP contribution in [0.3, 0.4) is 0 Å². The molecule has 214 valence electrons. The fourth-order valence-electron chi connectivity index (χ4n) is 7.97. The van der Waals surface area contributed by atoms with Gasteiger partial charge in [0.05, 0.1) is 30.4 Å². The first-order valence-corrected chi connectivity index (χ1v) is 14.8. The van der Waals surface area contributed by atoms with Crippen molar-refractivity contribution in [1.29, 1.82) is 0 Å². The minimum Gasteiger partial charge on any atom is -0.465 e. The smallest absolute Gasteiger partial charge is 0.341 e. The van der Waals surface area contributed by atoms with Crippen molar-refractivity contribution < 1.29 is 29.0 Å². The summed E-state index contributed by atoms with van der Waals surface area (Å²) in [6.45, 7) is 15.8. The van der Waals surface area contributed by atoms with Crippen molar-refractivity contribution in [3.63, 3.8) is 0 Å². The summed E-state index contributed by atoms with van der Waals surface area (Å²) in [5, 5.41) is 12.0. The van der Waals surface area contributed by atoms with Gasteiger partial charge in [-0.2, -0.15) is 0 Å². The Bertz CT molecular complexity index is 1160. The fraction of sp³-hybridized carbons (Fsp3) is 0.700. The molecule has 9 heteroatoms. The largest absolute Gasteiger partial charge is 0.465 e. The van der Waals surface area contributed by atoms with Crippen molar-refractivity contribution in [1.82, 2.24) is 9.97 Å².